The van der Waals surface area contributed by atoms with Gasteiger partial charge in [-0.1, -0.05) is 19.8 Å². The van der Waals surface area contributed by atoms with E-state index in [1.165, 1.54) is 70.9 Å². The van der Waals surface area contributed by atoms with Crippen molar-refractivity contribution in [2.24, 2.45) is 5.92 Å². The van der Waals surface area contributed by atoms with Gasteiger partial charge in [0.15, 0.2) is 0 Å². The molecule has 3 aliphatic rings. The third-order valence-corrected chi connectivity index (χ3v) is 5.44. The lowest BCUT2D eigenvalue weighted by molar-refractivity contribution is 0.0274. The Kier molecular flexibility index (Phi) is 4.25. The molecule has 1 aliphatic heterocycles. The second kappa shape index (κ2) is 5.92. The number of nitrogens with one attached hydrogen (secondary N) is 1. The lowest BCUT2D eigenvalue weighted by Crippen LogP contribution is -2.54. The van der Waals surface area contributed by atoms with Crippen molar-refractivity contribution in [1.29, 1.82) is 0 Å². The Balaban J connectivity index is 1.53. The third-order valence-electron chi connectivity index (χ3n) is 5.44. The van der Waals surface area contributed by atoms with E-state index in [1.807, 2.05) is 0 Å². The molecule has 0 aromatic heterocycles. The second-order valence-electron chi connectivity index (χ2n) is 6.74. The van der Waals surface area contributed by atoms with Gasteiger partial charge in [-0.15, -0.1) is 0 Å². The molecule has 2 nitrogen and oxygen atoms in total. The molecule has 1 saturated heterocycles. The van der Waals surface area contributed by atoms with Crippen LogP contribution in [-0.2, 0) is 0 Å². The molecule has 0 spiro atoms. The molecule has 3 atom stereocenters. The van der Waals surface area contributed by atoms with Crippen LogP contribution in [0.5, 0.6) is 0 Å². The van der Waals surface area contributed by atoms with Crippen molar-refractivity contribution >= 4 is 0 Å². The van der Waals surface area contributed by atoms with Crippen LogP contribution in [0.2, 0.25) is 0 Å². The summed E-state index contributed by atoms with van der Waals surface area (Å²) in [4.78, 5) is 2.90. The van der Waals surface area contributed by atoms with Crippen LogP contribution in [0.25, 0.3) is 0 Å². The molecule has 0 radical (unpaired) electrons. The van der Waals surface area contributed by atoms with E-state index in [2.05, 4.69) is 17.1 Å². The molecular formula is C16H30N2. The Hall–Kier alpha value is -0.0800. The number of likely N-dealkylation sites (tertiary alicyclic amines) is 1. The highest BCUT2D eigenvalue weighted by molar-refractivity contribution is 4.94. The zero-order valence-corrected chi connectivity index (χ0v) is 12.0. The van der Waals surface area contributed by atoms with Crippen LogP contribution in [0, 0.1) is 5.92 Å². The van der Waals surface area contributed by atoms with Crippen LogP contribution in [-0.4, -0.2) is 36.1 Å². The molecule has 3 unspecified atom stereocenters. The van der Waals surface area contributed by atoms with E-state index in [4.69, 9.17) is 0 Å². The molecule has 2 heteroatoms. The molecule has 0 aromatic rings. The van der Waals surface area contributed by atoms with Gasteiger partial charge in [-0.3, -0.25) is 4.90 Å². The average Bonchev–Trinajstić information content (AvgIpc) is 3.15. The molecule has 3 fully saturated rings. The summed E-state index contributed by atoms with van der Waals surface area (Å²) in [5.41, 5.74) is 0. The summed E-state index contributed by atoms with van der Waals surface area (Å²) < 4.78 is 0. The summed E-state index contributed by atoms with van der Waals surface area (Å²) in [6.07, 6.45) is 13.0. The summed E-state index contributed by atoms with van der Waals surface area (Å²) in [6, 6.07) is 2.69. The van der Waals surface area contributed by atoms with Gasteiger partial charge in [0.2, 0.25) is 0 Å². The van der Waals surface area contributed by atoms with E-state index in [-0.39, 0.29) is 0 Å². The molecule has 3 rings (SSSR count). The highest BCUT2D eigenvalue weighted by Gasteiger charge is 2.38. The minimum atomic E-state index is 0.886. The minimum absolute atomic E-state index is 0.886. The average molecular weight is 250 g/mol. The summed E-state index contributed by atoms with van der Waals surface area (Å²) in [6.45, 7) is 5.06. The number of hydrogen-bond donors (Lipinski definition) is 1. The fourth-order valence-electron chi connectivity index (χ4n) is 3.91. The summed E-state index contributed by atoms with van der Waals surface area (Å²) in [5, 5.41) is 3.75. The van der Waals surface area contributed by atoms with Crippen LogP contribution in [0.4, 0.5) is 0 Å². The molecule has 1 N–H and O–H groups in total. The molecular weight excluding hydrogens is 220 g/mol. The Morgan fingerprint density at radius 1 is 1.00 bits per heavy atom. The molecule has 104 valence electrons. The fraction of sp³-hybridized carbons (Fsp3) is 1.00. The smallest absolute Gasteiger partial charge is 0.0139 e. The van der Waals surface area contributed by atoms with Crippen molar-refractivity contribution in [1.82, 2.24) is 10.2 Å². The van der Waals surface area contributed by atoms with Gasteiger partial charge in [0.1, 0.15) is 0 Å². The predicted molar refractivity (Wildman–Crippen MR) is 76.8 cm³/mol. The number of hydrogen-bond acceptors (Lipinski definition) is 2. The van der Waals surface area contributed by atoms with Gasteiger partial charge in [0.05, 0.1) is 0 Å². The van der Waals surface area contributed by atoms with E-state index in [0.29, 0.717) is 0 Å². The molecule has 0 bridgehead atoms. The van der Waals surface area contributed by atoms with Crippen LogP contribution in [0.1, 0.15) is 64.7 Å². The fourth-order valence-corrected chi connectivity index (χ4v) is 3.91. The summed E-state index contributed by atoms with van der Waals surface area (Å²) in [7, 11) is 0. The van der Waals surface area contributed by atoms with Crippen molar-refractivity contribution in [2.45, 2.75) is 82.8 Å². The van der Waals surface area contributed by atoms with Crippen molar-refractivity contribution in [2.75, 3.05) is 13.1 Å². The summed E-state index contributed by atoms with van der Waals surface area (Å²) in [5.74, 6) is 0.956. The highest BCUT2D eigenvalue weighted by Crippen LogP contribution is 2.36. The maximum atomic E-state index is 3.75. The normalized spacial score (nSPS) is 38.2. The Labute approximate surface area is 113 Å². The van der Waals surface area contributed by atoms with Gasteiger partial charge in [-0.2, -0.15) is 0 Å². The first-order valence-corrected chi connectivity index (χ1v) is 8.37. The van der Waals surface area contributed by atoms with Crippen molar-refractivity contribution in [3.8, 4) is 0 Å². The molecule has 0 amide bonds. The lowest BCUT2D eigenvalue weighted by Gasteiger charge is -2.47. The Bertz CT molecular complexity index is 262. The maximum absolute atomic E-state index is 3.75. The quantitative estimate of drug-likeness (QED) is 0.806. The minimum Gasteiger partial charge on any atom is -0.314 e. The van der Waals surface area contributed by atoms with Crippen molar-refractivity contribution in [3.05, 3.63) is 0 Å². The number of nitrogens with zero attached hydrogens (tertiary/aromatic N) is 1. The first kappa shape index (κ1) is 12.9. The van der Waals surface area contributed by atoms with Gasteiger partial charge in [0, 0.05) is 18.1 Å². The lowest BCUT2D eigenvalue weighted by atomic mass is 9.77. The Morgan fingerprint density at radius 3 is 2.56 bits per heavy atom. The van der Waals surface area contributed by atoms with Crippen LogP contribution < -0.4 is 5.32 Å². The SMILES string of the molecule is CCC1CCCCCN1C1CCC1CNC1CC1. The summed E-state index contributed by atoms with van der Waals surface area (Å²) >= 11 is 0. The van der Waals surface area contributed by atoms with Gasteiger partial charge in [-0.25, -0.2) is 0 Å². The van der Waals surface area contributed by atoms with Gasteiger partial charge in [-0.05, 0) is 64.0 Å². The van der Waals surface area contributed by atoms with Crippen LogP contribution in [0.3, 0.4) is 0 Å². The van der Waals surface area contributed by atoms with Crippen LogP contribution >= 0.6 is 0 Å². The topological polar surface area (TPSA) is 15.3 Å². The zero-order valence-electron chi connectivity index (χ0n) is 12.0. The van der Waals surface area contributed by atoms with E-state index in [1.54, 1.807) is 0 Å². The maximum Gasteiger partial charge on any atom is 0.0139 e. The molecule has 18 heavy (non-hydrogen) atoms. The first-order valence-electron chi connectivity index (χ1n) is 8.37. The highest BCUT2D eigenvalue weighted by atomic mass is 15.2. The third kappa shape index (κ3) is 2.91. The molecule has 0 aromatic carbocycles. The zero-order chi connectivity index (χ0) is 12.4. The standard InChI is InChI=1S/C16H30N2/c1-2-15-6-4-3-5-11-18(15)16-10-7-13(16)12-17-14-8-9-14/h13-17H,2-12H2,1H3. The first-order chi connectivity index (χ1) is 8.88. The van der Waals surface area contributed by atoms with Crippen molar-refractivity contribution in [3.63, 3.8) is 0 Å². The van der Waals surface area contributed by atoms with E-state index in [0.717, 1.165) is 24.0 Å². The van der Waals surface area contributed by atoms with Crippen molar-refractivity contribution < 1.29 is 0 Å². The van der Waals surface area contributed by atoms with Gasteiger partial charge < -0.3 is 5.32 Å². The molecule has 2 aliphatic carbocycles. The van der Waals surface area contributed by atoms with E-state index in [9.17, 15) is 0 Å². The predicted octanol–water partition coefficient (Wildman–Crippen LogP) is 3.17. The monoisotopic (exact) mass is 250 g/mol. The van der Waals surface area contributed by atoms with E-state index < -0.39 is 0 Å². The van der Waals surface area contributed by atoms with E-state index >= 15 is 0 Å². The number of rotatable bonds is 5. The largest absolute Gasteiger partial charge is 0.314 e. The second-order valence-corrected chi connectivity index (χ2v) is 6.74. The van der Waals surface area contributed by atoms with Gasteiger partial charge in [0.25, 0.3) is 0 Å². The van der Waals surface area contributed by atoms with Gasteiger partial charge >= 0.3 is 0 Å². The molecule has 1 heterocycles. The Morgan fingerprint density at radius 2 is 1.89 bits per heavy atom. The van der Waals surface area contributed by atoms with Crippen LogP contribution in [0.15, 0.2) is 0 Å². The molecule has 2 saturated carbocycles.